The molecule has 1 aromatic heterocycles. The molecule has 0 bridgehead atoms. The highest BCUT2D eigenvalue weighted by atomic mass is 32.2. The molecule has 3 aromatic rings. The number of benzene rings is 2. The first-order valence-corrected chi connectivity index (χ1v) is 8.95. The zero-order chi connectivity index (χ0) is 19.6. The lowest BCUT2D eigenvalue weighted by molar-refractivity contribution is -0.0523. The number of hydrogen-bond acceptors (Lipinski definition) is 3. The quantitative estimate of drug-likeness (QED) is 0.604. The topological polar surface area (TPSA) is 71.2 Å². The summed E-state index contributed by atoms with van der Waals surface area (Å²) in [6, 6.07) is 10.9. The van der Waals surface area contributed by atoms with Gasteiger partial charge in [0.25, 0.3) is 10.0 Å². The Hall–Kier alpha value is -3.01. The van der Waals surface area contributed by atoms with Gasteiger partial charge in [0.1, 0.15) is 4.90 Å². The average molecular weight is 400 g/mol. The van der Waals surface area contributed by atoms with E-state index >= 15 is 0 Å². The minimum Gasteiger partial charge on any atom is -0.432 e. The summed E-state index contributed by atoms with van der Waals surface area (Å²) >= 11 is 0. The molecule has 2 N–H and O–H groups in total. The van der Waals surface area contributed by atoms with Crippen LogP contribution in [0.15, 0.2) is 59.6 Å². The standard InChI is InChI=1S/C17H12F4N2O3S/c18-12-8-16(26-17(20)21)13(19)7-15(12)23-27(24,25)11-6-14(22-9-11)10-4-2-1-3-5-10/h1-9,17,22-23H. The van der Waals surface area contributed by atoms with E-state index in [0.717, 1.165) is 5.56 Å². The van der Waals surface area contributed by atoms with Gasteiger partial charge in [0.15, 0.2) is 17.4 Å². The zero-order valence-electron chi connectivity index (χ0n) is 13.4. The lowest BCUT2D eigenvalue weighted by Crippen LogP contribution is -2.14. The van der Waals surface area contributed by atoms with Gasteiger partial charge in [-0.1, -0.05) is 30.3 Å². The van der Waals surface area contributed by atoms with Crippen LogP contribution in [0.3, 0.4) is 0 Å². The van der Waals surface area contributed by atoms with Crippen LogP contribution in [0.5, 0.6) is 5.75 Å². The number of rotatable bonds is 6. The van der Waals surface area contributed by atoms with Crippen molar-refractivity contribution in [2.24, 2.45) is 0 Å². The summed E-state index contributed by atoms with van der Waals surface area (Å²) in [4.78, 5) is 2.57. The highest BCUT2D eigenvalue weighted by Gasteiger charge is 2.21. The fourth-order valence-electron chi connectivity index (χ4n) is 2.31. The van der Waals surface area contributed by atoms with Crippen LogP contribution >= 0.6 is 0 Å². The molecule has 0 atom stereocenters. The molecule has 0 unspecified atom stereocenters. The van der Waals surface area contributed by atoms with Crippen LogP contribution in [0.1, 0.15) is 0 Å². The van der Waals surface area contributed by atoms with Crippen LogP contribution in [0, 0.1) is 11.6 Å². The summed E-state index contributed by atoms with van der Waals surface area (Å²) in [7, 11) is -4.25. The van der Waals surface area contributed by atoms with Crippen molar-refractivity contribution in [3.63, 3.8) is 0 Å². The minimum absolute atomic E-state index is 0.214. The summed E-state index contributed by atoms with van der Waals surface area (Å²) in [5, 5.41) is 0. The fourth-order valence-corrected chi connectivity index (χ4v) is 3.36. The Labute approximate surface area is 151 Å². The summed E-state index contributed by atoms with van der Waals surface area (Å²) < 4.78 is 82.5. The van der Waals surface area contributed by atoms with Crippen molar-refractivity contribution in [1.29, 1.82) is 0 Å². The van der Waals surface area contributed by atoms with E-state index in [1.807, 2.05) is 4.72 Å². The van der Waals surface area contributed by atoms with Crippen molar-refractivity contribution >= 4 is 15.7 Å². The predicted molar refractivity (Wildman–Crippen MR) is 90.0 cm³/mol. The first-order valence-electron chi connectivity index (χ1n) is 7.47. The van der Waals surface area contributed by atoms with E-state index in [1.54, 1.807) is 30.3 Å². The number of nitrogens with one attached hydrogen (secondary N) is 2. The van der Waals surface area contributed by atoms with Gasteiger partial charge in [0, 0.05) is 24.0 Å². The van der Waals surface area contributed by atoms with Gasteiger partial charge < -0.3 is 9.72 Å². The lowest BCUT2D eigenvalue weighted by atomic mass is 10.2. The second-order valence-corrected chi connectivity index (χ2v) is 7.04. The maximum absolute atomic E-state index is 14.0. The first-order chi connectivity index (χ1) is 12.8. The molecule has 142 valence electrons. The lowest BCUT2D eigenvalue weighted by Gasteiger charge is -2.11. The van der Waals surface area contributed by atoms with E-state index in [9.17, 15) is 26.0 Å². The minimum atomic E-state index is -4.25. The van der Waals surface area contributed by atoms with Crippen LogP contribution in [0.2, 0.25) is 0 Å². The SMILES string of the molecule is O=S(=O)(Nc1cc(F)c(OC(F)F)cc1F)c1c[nH]c(-c2ccccc2)c1. The Morgan fingerprint density at radius 3 is 2.37 bits per heavy atom. The molecule has 1 heterocycles. The molecule has 2 aromatic carbocycles. The summed E-state index contributed by atoms with van der Waals surface area (Å²) in [5.74, 6) is -3.64. The largest absolute Gasteiger partial charge is 0.432 e. The summed E-state index contributed by atoms with van der Waals surface area (Å²) in [6.45, 7) is -3.35. The van der Waals surface area contributed by atoms with Crippen LogP contribution in [0.25, 0.3) is 11.3 Å². The molecular weight excluding hydrogens is 388 g/mol. The predicted octanol–water partition coefficient (Wildman–Crippen LogP) is 4.36. The Kier molecular flexibility index (Phi) is 5.08. The highest BCUT2D eigenvalue weighted by molar-refractivity contribution is 7.92. The number of hydrogen-bond donors (Lipinski definition) is 2. The number of ether oxygens (including phenoxy) is 1. The van der Waals surface area contributed by atoms with Crippen molar-refractivity contribution in [2.45, 2.75) is 11.5 Å². The van der Waals surface area contributed by atoms with Crippen molar-refractivity contribution < 1.29 is 30.7 Å². The maximum atomic E-state index is 14.0. The Balaban J connectivity index is 1.87. The average Bonchev–Trinajstić information content (AvgIpc) is 3.10. The first kappa shape index (κ1) is 18.8. The second-order valence-electron chi connectivity index (χ2n) is 5.36. The third-order valence-electron chi connectivity index (χ3n) is 3.53. The molecule has 0 aliphatic carbocycles. The van der Waals surface area contributed by atoms with Gasteiger partial charge in [-0.25, -0.2) is 17.2 Å². The smallest absolute Gasteiger partial charge is 0.387 e. The molecule has 0 radical (unpaired) electrons. The number of aromatic amines is 1. The Morgan fingerprint density at radius 1 is 1.00 bits per heavy atom. The zero-order valence-corrected chi connectivity index (χ0v) is 14.2. The van der Waals surface area contributed by atoms with Crippen LogP contribution in [-0.4, -0.2) is 20.0 Å². The molecular formula is C17H12F4N2O3S. The molecule has 0 spiro atoms. The monoisotopic (exact) mass is 400 g/mol. The van der Waals surface area contributed by atoms with Gasteiger partial charge >= 0.3 is 6.61 Å². The Bertz CT molecular complexity index is 1050. The van der Waals surface area contributed by atoms with Crippen molar-refractivity contribution in [1.82, 2.24) is 4.98 Å². The normalized spacial score (nSPS) is 11.6. The van der Waals surface area contributed by atoms with E-state index in [1.165, 1.54) is 12.3 Å². The van der Waals surface area contributed by atoms with E-state index in [2.05, 4.69) is 9.72 Å². The van der Waals surface area contributed by atoms with Gasteiger partial charge in [0.2, 0.25) is 0 Å². The van der Waals surface area contributed by atoms with Crippen LogP contribution < -0.4 is 9.46 Å². The number of halogens is 4. The van der Waals surface area contributed by atoms with E-state index in [4.69, 9.17) is 0 Å². The van der Waals surface area contributed by atoms with Gasteiger partial charge in [-0.05, 0) is 11.6 Å². The molecule has 5 nitrogen and oxygen atoms in total. The number of sulfonamides is 1. The molecule has 0 aliphatic rings. The Morgan fingerprint density at radius 2 is 1.70 bits per heavy atom. The van der Waals surface area contributed by atoms with Crippen molar-refractivity contribution in [3.05, 3.63) is 66.4 Å². The third-order valence-corrected chi connectivity index (χ3v) is 4.88. The summed E-state index contributed by atoms with van der Waals surface area (Å²) in [6.07, 6.45) is 1.19. The molecule has 3 rings (SSSR count). The van der Waals surface area contributed by atoms with Gasteiger partial charge in [-0.2, -0.15) is 8.78 Å². The van der Waals surface area contributed by atoms with Crippen molar-refractivity contribution in [3.8, 4) is 17.0 Å². The number of alkyl halides is 2. The molecule has 0 amide bonds. The van der Waals surface area contributed by atoms with Gasteiger partial charge in [0.05, 0.1) is 5.69 Å². The molecule has 0 saturated carbocycles. The van der Waals surface area contributed by atoms with Gasteiger partial charge in [-0.3, -0.25) is 4.72 Å². The third kappa shape index (κ3) is 4.22. The fraction of sp³-hybridized carbons (Fsp3) is 0.0588. The number of aromatic nitrogens is 1. The van der Waals surface area contributed by atoms with E-state index in [0.29, 0.717) is 17.8 Å². The molecule has 0 aliphatic heterocycles. The number of anilines is 1. The molecule has 0 saturated heterocycles. The second kappa shape index (κ2) is 7.31. The maximum Gasteiger partial charge on any atom is 0.387 e. The van der Waals surface area contributed by atoms with Crippen LogP contribution in [-0.2, 0) is 10.0 Å². The molecule has 10 heteroatoms. The summed E-state index contributed by atoms with van der Waals surface area (Å²) in [5.41, 5.74) is 0.490. The molecule has 0 fully saturated rings. The van der Waals surface area contributed by atoms with Crippen LogP contribution in [0.4, 0.5) is 23.2 Å². The van der Waals surface area contributed by atoms with Gasteiger partial charge in [-0.15, -0.1) is 0 Å². The number of H-pyrrole nitrogens is 1. The van der Waals surface area contributed by atoms with E-state index in [-0.39, 0.29) is 4.90 Å². The molecule has 27 heavy (non-hydrogen) atoms. The van der Waals surface area contributed by atoms with Crippen molar-refractivity contribution in [2.75, 3.05) is 4.72 Å². The highest BCUT2D eigenvalue weighted by Crippen LogP contribution is 2.29. The van der Waals surface area contributed by atoms with E-state index < -0.39 is 39.7 Å².